The molecule has 1 aliphatic rings. The van der Waals surface area contributed by atoms with Gasteiger partial charge >= 0.3 is 0 Å². The van der Waals surface area contributed by atoms with Crippen LogP contribution in [0.15, 0.2) is 66.5 Å². The Hall–Kier alpha value is -3.55. The molecule has 0 spiro atoms. The summed E-state index contributed by atoms with van der Waals surface area (Å²) in [6.07, 6.45) is 3.11. The Morgan fingerprint density at radius 2 is 1.71 bits per heavy atom. The first-order valence-electron chi connectivity index (χ1n) is 10.3. The molecular formula is C25H21Cl2N3O4. The van der Waals surface area contributed by atoms with Gasteiger partial charge in [-0.3, -0.25) is 19.5 Å². The van der Waals surface area contributed by atoms with Gasteiger partial charge in [-0.15, -0.1) is 0 Å². The van der Waals surface area contributed by atoms with E-state index in [0.717, 1.165) is 5.69 Å². The van der Waals surface area contributed by atoms with Crippen molar-refractivity contribution in [3.8, 4) is 5.75 Å². The number of anilines is 2. The number of methoxy groups -OCH3 is 1. The van der Waals surface area contributed by atoms with Crippen molar-refractivity contribution < 1.29 is 19.4 Å². The summed E-state index contributed by atoms with van der Waals surface area (Å²) in [5, 5.41) is 11.7. The first-order chi connectivity index (χ1) is 16.2. The second kappa shape index (κ2) is 9.37. The molecule has 1 atom stereocenters. The van der Waals surface area contributed by atoms with E-state index in [0.29, 0.717) is 11.3 Å². The third kappa shape index (κ3) is 4.08. The van der Waals surface area contributed by atoms with Crippen molar-refractivity contribution in [3.05, 3.63) is 87.7 Å². The summed E-state index contributed by atoms with van der Waals surface area (Å²) >= 11 is 12.4. The number of halogens is 2. The van der Waals surface area contributed by atoms with Crippen LogP contribution in [0.2, 0.25) is 10.0 Å². The fourth-order valence-corrected chi connectivity index (χ4v) is 4.53. The number of ether oxygens (including phenoxy) is 1. The molecule has 0 aliphatic carbocycles. The van der Waals surface area contributed by atoms with Crippen LogP contribution in [0.5, 0.6) is 5.75 Å². The first kappa shape index (κ1) is 23.6. The van der Waals surface area contributed by atoms with E-state index in [9.17, 15) is 14.7 Å². The van der Waals surface area contributed by atoms with Gasteiger partial charge in [0.15, 0.2) is 0 Å². The monoisotopic (exact) mass is 497 g/mol. The molecule has 3 aromatic rings. The number of rotatable bonds is 5. The fraction of sp³-hybridized carbons (Fsp3) is 0.160. The molecule has 174 valence electrons. The second-order valence-electron chi connectivity index (χ2n) is 7.83. The summed E-state index contributed by atoms with van der Waals surface area (Å²) in [7, 11) is 5.19. The van der Waals surface area contributed by atoms with E-state index in [1.807, 2.05) is 31.1 Å². The molecular weight excluding hydrogens is 477 g/mol. The molecule has 9 heteroatoms. The maximum atomic E-state index is 13.3. The maximum Gasteiger partial charge on any atom is 0.300 e. The zero-order valence-electron chi connectivity index (χ0n) is 18.6. The number of hydrogen-bond acceptors (Lipinski definition) is 6. The smallest absolute Gasteiger partial charge is 0.300 e. The van der Waals surface area contributed by atoms with Crippen molar-refractivity contribution in [2.45, 2.75) is 6.04 Å². The number of nitrogens with zero attached hydrogens (tertiary/aromatic N) is 3. The van der Waals surface area contributed by atoms with Gasteiger partial charge in [-0.1, -0.05) is 23.2 Å². The molecule has 4 rings (SSSR count). The Morgan fingerprint density at radius 1 is 1.06 bits per heavy atom. The van der Waals surface area contributed by atoms with Crippen LogP contribution in [0.1, 0.15) is 17.2 Å². The van der Waals surface area contributed by atoms with Gasteiger partial charge in [0.2, 0.25) is 0 Å². The predicted octanol–water partition coefficient (Wildman–Crippen LogP) is 5.09. The maximum absolute atomic E-state index is 13.3. The molecule has 1 amide bonds. The average Bonchev–Trinajstić information content (AvgIpc) is 3.09. The molecule has 1 aliphatic heterocycles. The molecule has 7 nitrogen and oxygen atoms in total. The average molecular weight is 498 g/mol. The lowest BCUT2D eigenvalue weighted by molar-refractivity contribution is -0.132. The van der Waals surface area contributed by atoms with E-state index in [4.69, 9.17) is 27.9 Å². The predicted molar refractivity (Wildman–Crippen MR) is 133 cm³/mol. The highest BCUT2D eigenvalue weighted by atomic mass is 35.5. The SMILES string of the molecule is COc1c(Cl)cc(Cl)cc1/C(O)=C1\C(=O)C(=O)N(c2ccc(N(C)C)cc2)C1c1ccncc1. The summed E-state index contributed by atoms with van der Waals surface area (Å²) in [4.78, 5) is 33.9. The highest BCUT2D eigenvalue weighted by molar-refractivity contribution is 6.52. The van der Waals surface area contributed by atoms with Gasteiger partial charge < -0.3 is 14.7 Å². The largest absolute Gasteiger partial charge is 0.507 e. The van der Waals surface area contributed by atoms with Crippen molar-refractivity contribution in [2.75, 3.05) is 31.0 Å². The molecule has 1 unspecified atom stereocenters. The molecule has 1 aromatic heterocycles. The summed E-state index contributed by atoms with van der Waals surface area (Å²) in [6.45, 7) is 0. The number of ketones is 1. The zero-order chi connectivity index (χ0) is 24.6. The number of aliphatic hydroxyl groups is 1. The lowest BCUT2D eigenvalue weighted by Crippen LogP contribution is -2.29. The van der Waals surface area contributed by atoms with Crippen LogP contribution in [-0.4, -0.2) is 43.0 Å². The Balaban J connectivity index is 1.96. The van der Waals surface area contributed by atoms with Gasteiger partial charge in [0.25, 0.3) is 11.7 Å². The molecule has 1 saturated heterocycles. The highest BCUT2D eigenvalue weighted by Crippen LogP contribution is 2.45. The van der Waals surface area contributed by atoms with E-state index < -0.39 is 23.5 Å². The minimum atomic E-state index is -0.907. The number of carbonyl (C=O) groups excluding carboxylic acids is 2. The molecule has 0 radical (unpaired) electrons. The van der Waals surface area contributed by atoms with E-state index in [2.05, 4.69) is 4.98 Å². The van der Waals surface area contributed by atoms with Gasteiger partial charge in [0, 0.05) is 42.9 Å². The topological polar surface area (TPSA) is 83.0 Å². The Kier molecular flexibility index (Phi) is 6.50. The van der Waals surface area contributed by atoms with Gasteiger partial charge in [0.05, 0.1) is 29.3 Å². The van der Waals surface area contributed by atoms with Crippen LogP contribution in [0.3, 0.4) is 0 Å². The van der Waals surface area contributed by atoms with Gasteiger partial charge in [-0.25, -0.2) is 0 Å². The number of Topliss-reactive ketones (excluding diaryl/α,β-unsaturated/α-hetero) is 1. The molecule has 34 heavy (non-hydrogen) atoms. The van der Waals surface area contributed by atoms with Crippen molar-refractivity contribution >= 4 is 52.0 Å². The molecule has 1 N–H and O–H groups in total. The van der Waals surface area contributed by atoms with Crippen LogP contribution >= 0.6 is 23.2 Å². The lowest BCUT2D eigenvalue weighted by atomic mass is 9.95. The van der Waals surface area contributed by atoms with E-state index in [-0.39, 0.29) is 26.9 Å². The number of aromatic nitrogens is 1. The van der Waals surface area contributed by atoms with Crippen LogP contribution in [-0.2, 0) is 9.59 Å². The van der Waals surface area contributed by atoms with Crippen LogP contribution in [0.4, 0.5) is 11.4 Å². The van der Waals surface area contributed by atoms with E-state index >= 15 is 0 Å². The standard InChI is InChI=1S/C25H21Cl2N3O4/c1-29(2)16-4-6-17(7-5-16)30-21(14-8-10-28-11-9-14)20(23(32)25(30)33)22(31)18-12-15(26)13-19(27)24(18)34-3/h4-13,21,31H,1-3H3/b22-20+. The molecule has 2 heterocycles. The highest BCUT2D eigenvalue weighted by Gasteiger charge is 2.47. The molecule has 1 fully saturated rings. The van der Waals surface area contributed by atoms with Crippen molar-refractivity contribution in [3.63, 3.8) is 0 Å². The summed E-state index contributed by atoms with van der Waals surface area (Å²) in [6, 6.07) is 12.6. The van der Waals surface area contributed by atoms with Crippen molar-refractivity contribution in [1.29, 1.82) is 0 Å². The van der Waals surface area contributed by atoms with E-state index in [1.54, 1.807) is 36.7 Å². The third-order valence-corrected chi connectivity index (χ3v) is 6.08. The summed E-state index contributed by atoms with van der Waals surface area (Å²) < 4.78 is 5.35. The third-order valence-electron chi connectivity index (χ3n) is 5.58. The fourth-order valence-electron chi connectivity index (χ4n) is 3.96. The quantitative estimate of drug-likeness (QED) is 0.300. The normalized spacial score (nSPS) is 17.2. The first-order valence-corrected chi connectivity index (χ1v) is 11.0. The molecule has 0 bridgehead atoms. The zero-order valence-corrected chi connectivity index (χ0v) is 20.1. The van der Waals surface area contributed by atoms with Crippen LogP contribution in [0, 0.1) is 0 Å². The summed E-state index contributed by atoms with van der Waals surface area (Å²) in [5.74, 6) is -1.91. The number of aliphatic hydroxyl groups excluding tert-OH is 1. The van der Waals surface area contributed by atoms with Crippen molar-refractivity contribution in [1.82, 2.24) is 4.98 Å². The molecule has 2 aromatic carbocycles. The van der Waals surface area contributed by atoms with Crippen molar-refractivity contribution in [2.24, 2.45) is 0 Å². The number of hydrogen-bond donors (Lipinski definition) is 1. The van der Waals surface area contributed by atoms with Gasteiger partial charge in [-0.2, -0.15) is 0 Å². The number of carbonyl (C=O) groups is 2. The van der Waals surface area contributed by atoms with Gasteiger partial charge in [-0.05, 0) is 54.1 Å². The molecule has 0 saturated carbocycles. The number of pyridine rings is 1. The number of benzene rings is 2. The minimum absolute atomic E-state index is 0.107. The Labute approximate surface area is 206 Å². The van der Waals surface area contributed by atoms with Crippen LogP contribution in [0.25, 0.3) is 5.76 Å². The summed E-state index contributed by atoms with van der Waals surface area (Å²) in [5.41, 5.74) is 2.04. The van der Waals surface area contributed by atoms with Gasteiger partial charge in [0.1, 0.15) is 11.5 Å². The number of amides is 1. The second-order valence-corrected chi connectivity index (χ2v) is 8.67. The van der Waals surface area contributed by atoms with Crippen LogP contribution < -0.4 is 14.5 Å². The minimum Gasteiger partial charge on any atom is -0.507 e. The van der Waals surface area contributed by atoms with E-state index in [1.165, 1.54) is 24.1 Å². The Bertz CT molecular complexity index is 1290. The Morgan fingerprint density at radius 3 is 2.29 bits per heavy atom. The lowest BCUT2D eigenvalue weighted by Gasteiger charge is -2.26.